The van der Waals surface area contributed by atoms with Gasteiger partial charge < -0.3 is 9.88 Å². The lowest BCUT2D eigenvalue weighted by molar-refractivity contribution is -0.133. The first-order valence-corrected chi connectivity index (χ1v) is 8.14. The molecule has 5 heteroatoms. The molecule has 4 rings (SSSR count). The highest BCUT2D eigenvalue weighted by molar-refractivity contribution is 6.06. The highest BCUT2D eigenvalue weighted by Crippen LogP contribution is 2.34. The molecule has 1 fully saturated rings. The number of nitrogens with one attached hydrogen (secondary N) is 1. The number of rotatable bonds is 2. The average molecular weight is 308 g/mol. The molecule has 23 heavy (non-hydrogen) atoms. The van der Waals surface area contributed by atoms with Gasteiger partial charge in [-0.1, -0.05) is 13.8 Å². The van der Waals surface area contributed by atoms with E-state index < -0.39 is 0 Å². The van der Waals surface area contributed by atoms with Gasteiger partial charge in [-0.05, 0) is 18.6 Å². The summed E-state index contributed by atoms with van der Waals surface area (Å²) in [7, 11) is 0. The third-order valence-corrected chi connectivity index (χ3v) is 4.74. The van der Waals surface area contributed by atoms with Crippen molar-refractivity contribution >= 4 is 27.7 Å². The Morgan fingerprint density at radius 1 is 1.35 bits per heavy atom. The molecule has 4 heterocycles. The Labute approximate surface area is 134 Å². The van der Waals surface area contributed by atoms with Crippen LogP contribution >= 0.6 is 0 Å². The summed E-state index contributed by atoms with van der Waals surface area (Å²) in [5.74, 6) is 0.636. The van der Waals surface area contributed by atoms with Crippen LogP contribution in [-0.2, 0) is 4.79 Å². The summed E-state index contributed by atoms with van der Waals surface area (Å²) in [6, 6.07) is 4.07. The first kappa shape index (κ1) is 14.2. The quantitative estimate of drug-likeness (QED) is 0.791. The molecule has 5 nitrogen and oxygen atoms in total. The minimum Gasteiger partial charge on any atom is -0.364 e. The molecule has 1 unspecified atom stereocenters. The molecular formula is C18H20N4O. The SMILES string of the molecule is CC(C)C(=O)N1CCC(c2[nH]ccc3cnc4nccc4c23)C1. The Hall–Kier alpha value is -2.43. The van der Waals surface area contributed by atoms with E-state index in [0.717, 1.165) is 35.9 Å². The number of hydrogen-bond donors (Lipinski definition) is 1. The van der Waals surface area contributed by atoms with Crippen LogP contribution in [-0.4, -0.2) is 38.8 Å². The molecule has 0 aromatic carbocycles. The van der Waals surface area contributed by atoms with E-state index in [2.05, 4.69) is 15.0 Å². The first-order chi connectivity index (χ1) is 11.1. The lowest BCUT2D eigenvalue weighted by atomic mass is 9.97. The minimum atomic E-state index is 0.0560. The second-order valence-electron chi connectivity index (χ2n) is 6.59. The maximum Gasteiger partial charge on any atom is 0.225 e. The van der Waals surface area contributed by atoms with Crippen molar-refractivity contribution < 1.29 is 4.79 Å². The Kier molecular flexibility index (Phi) is 3.29. The topological polar surface area (TPSA) is 61.9 Å². The van der Waals surface area contributed by atoms with Crippen molar-refractivity contribution in [3.05, 3.63) is 36.4 Å². The van der Waals surface area contributed by atoms with Crippen LogP contribution in [0.3, 0.4) is 0 Å². The van der Waals surface area contributed by atoms with Gasteiger partial charge in [-0.2, -0.15) is 0 Å². The number of carbonyl (C=O) groups excluding carboxylic acids is 1. The Morgan fingerprint density at radius 3 is 3.04 bits per heavy atom. The molecule has 0 aliphatic carbocycles. The van der Waals surface area contributed by atoms with E-state index in [0.29, 0.717) is 5.92 Å². The van der Waals surface area contributed by atoms with Gasteiger partial charge in [0.1, 0.15) is 0 Å². The minimum absolute atomic E-state index is 0.0560. The Balaban J connectivity index is 1.78. The molecule has 1 aliphatic rings. The molecule has 3 aromatic rings. The summed E-state index contributed by atoms with van der Waals surface area (Å²) >= 11 is 0. The summed E-state index contributed by atoms with van der Waals surface area (Å²) < 4.78 is 0. The van der Waals surface area contributed by atoms with E-state index in [4.69, 9.17) is 0 Å². The van der Waals surface area contributed by atoms with Crippen LogP contribution in [0.5, 0.6) is 0 Å². The summed E-state index contributed by atoms with van der Waals surface area (Å²) in [6.07, 6.45) is 6.64. The summed E-state index contributed by atoms with van der Waals surface area (Å²) in [5.41, 5.74) is 1.98. The number of fused-ring (bicyclic) bond motifs is 3. The largest absolute Gasteiger partial charge is 0.364 e. The fraction of sp³-hybridized carbons (Fsp3) is 0.389. The summed E-state index contributed by atoms with van der Waals surface area (Å²) in [5, 5.41) is 3.40. The molecule has 0 bridgehead atoms. The van der Waals surface area contributed by atoms with Gasteiger partial charge in [0.05, 0.1) is 0 Å². The maximum atomic E-state index is 12.3. The van der Waals surface area contributed by atoms with E-state index in [9.17, 15) is 4.79 Å². The van der Waals surface area contributed by atoms with Crippen molar-refractivity contribution in [2.24, 2.45) is 5.92 Å². The number of H-pyrrole nitrogens is 1. The van der Waals surface area contributed by atoms with Crippen molar-refractivity contribution in [3.63, 3.8) is 0 Å². The summed E-state index contributed by atoms with van der Waals surface area (Å²) in [6.45, 7) is 5.54. The zero-order chi connectivity index (χ0) is 16.0. The van der Waals surface area contributed by atoms with Crippen LogP contribution in [0.15, 0.2) is 30.7 Å². The molecule has 1 aliphatic heterocycles. The van der Waals surface area contributed by atoms with Crippen molar-refractivity contribution in [2.45, 2.75) is 26.2 Å². The molecule has 118 valence electrons. The number of nitrogens with zero attached hydrogens (tertiary/aromatic N) is 3. The fourth-order valence-electron chi connectivity index (χ4n) is 3.58. The number of pyridine rings is 2. The van der Waals surface area contributed by atoms with Gasteiger partial charge in [-0.3, -0.25) is 4.79 Å². The highest BCUT2D eigenvalue weighted by Gasteiger charge is 2.30. The number of carbonyl (C=O) groups is 1. The van der Waals surface area contributed by atoms with Crippen molar-refractivity contribution in [3.8, 4) is 0 Å². The molecular weight excluding hydrogens is 288 g/mol. The number of hydrogen-bond acceptors (Lipinski definition) is 3. The van der Waals surface area contributed by atoms with E-state index >= 15 is 0 Å². The van der Waals surface area contributed by atoms with Gasteiger partial charge in [0, 0.05) is 65.4 Å². The molecule has 1 saturated heterocycles. The van der Waals surface area contributed by atoms with Crippen molar-refractivity contribution in [1.29, 1.82) is 0 Å². The number of likely N-dealkylation sites (tertiary alicyclic amines) is 1. The van der Waals surface area contributed by atoms with E-state index in [-0.39, 0.29) is 11.8 Å². The van der Waals surface area contributed by atoms with Crippen molar-refractivity contribution in [1.82, 2.24) is 19.9 Å². The van der Waals surface area contributed by atoms with Crippen LogP contribution in [0.25, 0.3) is 21.8 Å². The monoisotopic (exact) mass is 308 g/mol. The van der Waals surface area contributed by atoms with Crippen LogP contribution in [0.1, 0.15) is 31.9 Å². The molecule has 0 radical (unpaired) electrons. The van der Waals surface area contributed by atoms with Gasteiger partial charge in [-0.15, -0.1) is 0 Å². The van der Waals surface area contributed by atoms with E-state index in [1.165, 1.54) is 11.1 Å². The fourth-order valence-corrected chi connectivity index (χ4v) is 3.58. The molecule has 3 aromatic heterocycles. The molecule has 0 spiro atoms. The van der Waals surface area contributed by atoms with Gasteiger partial charge in [0.25, 0.3) is 0 Å². The Bertz CT molecular complexity index is 883. The smallest absolute Gasteiger partial charge is 0.225 e. The van der Waals surface area contributed by atoms with Crippen LogP contribution in [0.2, 0.25) is 0 Å². The van der Waals surface area contributed by atoms with Gasteiger partial charge in [-0.25, -0.2) is 9.97 Å². The van der Waals surface area contributed by atoms with Crippen LogP contribution in [0, 0.1) is 5.92 Å². The lowest BCUT2D eigenvalue weighted by Crippen LogP contribution is -2.32. The predicted octanol–water partition coefficient (Wildman–Crippen LogP) is 3.08. The zero-order valence-electron chi connectivity index (χ0n) is 13.4. The molecule has 0 saturated carbocycles. The number of amides is 1. The van der Waals surface area contributed by atoms with Gasteiger partial charge in [0.15, 0.2) is 5.65 Å². The van der Waals surface area contributed by atoms with Crippen molar-refractivity contribution in [2.75, 3.05) is 13.1 Å². The molecule has 1 amide bonds. The van der Waals surface area contributed by atoms with Crippen LogP contribution < -0.4 is 0 Å². The number of aromatic amines is 1. The second-order valence-corrected chi connectivity index (χ2v) is 6.59. The molecule has 1 N–H and O–H groups in total. The average Bonchev–Trinajstić information content (AvgIpc) is 3.22. The van der Waals surface area contributed by atoms with E-state index in [1.807, 2.05) is 43.3 Å². The second kappa shape index (κ2) is 5.33. The first-order valence-electron chi connectivity index (χ1n) is 8.14. The zero-order valence-corrected chi connectivity index (χ0v) is 13.4. The maximum absolute atomic E-state index is 12.3. The third-order valence-electron chi connectivity index (χ3n) is 4.74. The van der Waals surface area contributed by atoms with Gasteiger partial charge in [0.2, 0.25) is 5.91 Å². The van der Waals surface area contributed by atoms with Crippen LogP contribution in [0.4, 0.5) is 0 Å². The highest BCUT2D eigenvalue weighted by atomic mass is 16.2. The normalized spacial score (nSPS) is 18.4. The standard InChI is InChI=1S/C18H20N4O/c1-11(2)18(23)22-8-5-13(10-22)16-15-12(3-6-19-16)9-21-17-14(15)4-7-20-17/h3-4,6-7,9,11,13,19H,5,8,10H2,1-2H3. The molecule has 1 atom stereocenters. The van der Waals surface area contributed by atoms with E-state index in [1.54, 1.807) is 6.20 Å². The number of aromatic nitrogens is 3. The van der Waals surface area contributed by atoms with Gasteiger partial charge >= 0.3 is 0 Å². The Morgan fingerprint density at radius 2 is 2.22 bits per heavy atom. The predicted molar refractivity (Wildman–Crippen MR) is 90.2 cm³/mol. The summed E-state index contributed by atoms with van der Waals surface area (Å²) in [4.78, 5) is 26.4. The third kappa shape index (κ3) is 2.27. The lowest BCUT2D eigenvalue weighted by Gasteiger charge is -2.19.